The zero-order valence-corrected chi connectivity index (χ0v) is 17.3. The third kappa shape index (κ3) is 3.73. The Hall–Kier alpha value is -3.42. The van der Waals surface area contributed by atoms with E-state index in [0.717, 1.165) is 11.3 Å². The molecule has 0 atom stereocenters. The van der Waals surface area contributed by atoms with Crippen molar-refractivity contribution in [3.63, 3.8) is 0 Å². The van der Waals surface area contributed by atoms with E-state index in [-0.39, 0.29) is 11.0 Å². The lowest BCUT2D eigenvalue weighted by Gasteiger charge is -2.27. The molecule has 2 aromatic carbocycles. The summed E-state index contributed by atoms with van der Waals surface area (Å²) in [5.41, 5.74) is 9.36. The highest BCUT2D eigenvalue weighted by molar-refractivity contribution is 6.31. The van der Waals surface area contributed by atoms with Gasteiger partial charge in [-0.25, -0.2) is 4.98 Å². The molecule has 8 heteroatoms. The van der Waals surface area contributed by atoms with E-state index < -0.39 is 0 Å². The van der Waals surface area contributed by atoms with Crippen LogP contribution in [0.25, 0.3) is 22.4 Å². The van der Waals surface area contributed by atoms with Gasteiger partial charge in [-0.3, -0.25) is 14.5 Å². The molecule has 0 bridgehead atoms. The Kier molecular flexibility index (Phi) is 4.84. The second kappa shape index (κ2) is 7.68. The summed E-state index contributed by atoms with van der Waals surface area (Å²) in [4.78, 5) is 35.2. The second-order valence-electron chi connectivity index (χ2n) is 7.65. The van der Waals surface area contributed by atoms with Gasteiger partial charge in [0, 0.05) is 47.9 Å². The average Bonchev–Trinajstić information content (AvgIpc) is 2.77. The molecule has 0 unspecified atom stereocenters. The third-order valence-corrected chi connectivity index (χ3v) is 5.77. The van der Waals surface area contributed by atoms with E-state index in [2.05, 4.69) is 9.97 Å². The fourth-order valence-electron chi connectivity index (χ4n) is 3.89. The Morgan fingerprint density at radius 3 is 2.77 bits per heavy atom. The molecule has 4 aromatic rings. The Morgan fingerprint density at radius 1 is 1.16 bits per heavy atom. The van der Waals surface area contributed by atoms with E-state index in [1.165, 1.54) is 6.26 Å². The van der Waals surface area contributed by atoms with Gasteiger partial charge in [0.05, 0.1) is 22.9 Å². The Labute approximate surface area is 182 Å². The first-order chi connectivity index (χ1) is 15.0. The number of aromatic nitrogens is 2. The molecule has 1 aliphatic heterocycles. The van der Waals surface area contributed by atoms with E-state index in [9.17, 15) is 9.59 Å². The maximum Gasteiger partial charge on any atom is 0.255 e. The highest BCUT2D eigenvalue weighted by Gasteiger charge is 2.23. The molecule has 5 rings (SSSR count). The Balaban J connectivity index is 1.42. The van der Waals surface area contributed by atoms with Crippen LogP contribution in [0.4, 0.5) is 5.69 Å². The minimum absolute atomic E-state index is 0.111. The first kappa shape index (κ1) is 19.5. The van der Waals surface area contributed by atoms with Crippen molar-refractivity contribution in [2.75, 3.05) is 12.3 Å². The predicted octanol–water partition coefficient (Wildman–Crippen LogP) is 3.34. The molecule has 0 saturated carbocycles. The number of nitrogens with zero attached hydrogens (tertiary/aromatic N) is 2. The van der Waals surface area contributed by atoms with Crippen molar-refractivity contribution < 1.29 is 4.42 Å². The number of hydrogen-bond donors (Lipinski definition) is 2. The van der Waals surface area contributed by atoms with E-state index in [1.54, 1.807) is 30.3 Å². The predicted molar refractivity (Wildman–Crippen MR) is 120 cm³/mol. The molecule has 7 nitrogen and oxygen atoms in total. The number of nitrogens with one attached hydrogen (secondary N) is 1. The smallest absolute Gasteiger partial charge is 0.255 e. The normalized spacial score (nSPS) is 14.0. The average molecular weight is 435 g/mol. The van der Waals surface area contributed by atoms with Gasteiger partial charge in [-0.05, 0) is 42.5 Å². The largest absolute Gasteiger partial charge is 0.464 e. The highest BCUT2D eigenvalue weighted by atomic mass is 35.5. The molecule has 0 radical (unpaired) electrons. The van der Waals surface area contributed by atoms with Crippen molar-refractivity contribution in [1.82, 2.24) is 14.9 Å². The van der Waals surface area contributed by atoms with Gasteiger partial charge in [0.2, 0.25) is 0 Å². The maximum atomic E-state index is 12.9. The van der Waals surface area contributed by atoms with Gasteiger partial charge in [-0.2, -0.15) is 0 Å². The number of nitrogens with two attached hydrogens (primary N) is 1. The van der Waals surface area contributed by atoms with Crippen molar-refractivity contribution in [3.8, 4) is 11.4 Å². The molecular weight excluding hydrogens is 416 g/mol. The monoisotopic (exact) mass is 434 g/mol. The van der Waals surface area contributed by atoms with Gasteiger partial charge in [-0.1, -0.05) is 11.6 Å². The molecule has 0 amide bonds. The summed E-state index contributed by atoms with van der Waals surface area (Å²) in [7, 11) is 0. The van der Waals surface area contributed by atoms with Gasteiger partial charge < -0.3 is 15.1 Å². The summed E-state index contributed by atoms with van der Waals surface area (Å²) in [6.45, 7) is 1.47. The number of H-pyrrole nitrogens is 1. The molecule has 0 fully saturated rings. The van der Waals surface area contributed by atoms with Crippen LogP contribution >= 0.6 is 11.6 Å². The third-order valence-electron chi connectivity index (χ3n) is 5.53. The fraction of sp³-hybridized carbons (Fsp3) is 0.174. The lowest BCUT2D eigenvalue weighted by molar-refractivity contribution is 0.239. The molecule has 3 heterocycles. The number of fused-ring (bicyclic) bond motifs is 2. The second-order valence-corrected chi connectivity index (χ2v) is 8.09. The quantitative estimate of drug-likeness (QED) is 0.479. The molecule has 156 valence electrons. The Bertz CT molecular complexity index is 1410. The fourth-order valence-corrected chi connectivity index (χ4v) is 4.06. The molecule has 0 aliphatic carbocycles. The topological polar surface area (TPSA) is 105 Å². The summed E-state index contributed by atoms with van der Waals surface area (Å²) < 4.78 is 5.61. The molecule has 31 heavy (non-hydrogen) atoms. The molecule has 3 N–H and O–H groups in total. The maximum absolute atomic E-state index is 12.9. The summed E-state index contributed by atoms with van der Waals surface area (Å²) in [6, 6.07) is 12.2. The van der Waals surface area contributed by atoms with Crippen LogP contribution in [0.1, 0.15) is 16.8 Å². The van der Waals surface area contributed by atoms with E-state index in [0.29, 0.717) is 64.7 Å². The van der Waals surface area contributed by atoms with Crippen LogP contribution in [0.2, 0.25) is 5.02 Å². The zero-order chi connectivity index (χ0) is 21.5. The zero-order valence-electron chi connectivity index (χ0n) is 16.5. The molecule has 1 aliphatic rings. The van der Waals surface area contributed by atoms with Crippen LogP contribution in [0.15, 0.2) is 62.7 Å². The first-order valence-electron chi connectivity index (χ1n) is 9.88. The Morgan fingerprint density at radius 2 is 1.97 bits per heavy atom. The SMILES string of the molecule is Nc1ccc(-c2nc3c(c(=O)[nH]2)CN(Cc2coc4ccc(Cl)cc4c2=O)CC3)cc1. The van der Waals surface area contributed by atoms with Crippen molar-refractivity contribution in [1.29, 1.82) is 0 Å². The number of aromatic amines is 1. The summed E-state index contributed by atoms with van der Waals surface area (Å²) in [5.74, 6) is 0.532. The van der Waals surface area contributed by atoms with Gasteiger partial charge >= 0.3 is 0 Å². The molecule has 2 aromatic heterocycles. The van der Waals surface area contributed by atoms with Crippen LogP contribution in [0, 0.1) is 0 Å². The number of hydrogen-bond acceptors (Lipinski definition) is 6. The van der Waals surface area contributed by atoms with Crippen molar-refractivity contribution in [2.24, 2.45) is 0 Å². The van der Waals surface area contributed by atoms with E-state index in [1.807, 2.05) is 17.0 Å². The first-order valence-corrected chi connectivity index (χ1v) is 10.3. The number of rotatable bonds is 3. The summed E-state index contributed by atoms with van der Waals surface area (Å²) in [6.07, 6.45) is 2.10. The van der Waals surface area contributed by atoms with Crippen molar-refractivity contribution in [3.05, 3.63) is 91.1 Å². The summed E-state index contributed by atoms with van der Waals surface area (Å²) in [5, 5.41) is 0.938. The molecule has 0 saturated heterocycles. The van der Waals surface area contributed by atoms with Gasteiger partial charge in [-0.15, -0.1) is 0 Å². The number of anilines is 1. The van der Waals surface area contributed by atoms with E-state index in [4.69, 9.17) is 21.8 Å². The van der Waals surface area contributed by atoms with Crippen LogP contribution in [-0.2, 0) is 19.5 Å². The van der Waals surface area contributed by atoms with Gasteiger partial charge in [0.25, 0.3) is 5.56 Å². The minimum Gasteiger partial charge on any atom is -0.464 e. The van der Waals surface area contributed by atoms with Gasteiger partial charge in [0.15, 0.2) is 5.43 Å². The minimum atomic E-state index is -0.168. The summed E-state index contributed by atoms with van der Waals surface area (Å²) >= 11 is 6.03. The van der Waals surface area contributed by atoms with Crippen LogP contribution in [0.5, 0.6) is 0 Å². The van der Waals surface area contributed by atoms with Crippen LogP contribution in [0.3, 0.4) is 0 Å². The van der Waals surface area contributed by atoms with Crippen molar-refractivity contribution >= 4 is 28.3 Å². The van der Waals surface area contributed by atoms with Crippen LogP contribution in [-0.4, -0.2) is 21.4 Å². The molecule has 0 spiro atoms. The lowest BCUT2D eigenvalue weighted by atomic mass is 10.1. The van der Waals surface area contributed by atoms with Crippen molar-refractivity contribution in [2.45, 2.75) is 19.5 Å². The number of halogens is 1. The molecular formula is C23H19ClN4O3. The lowest BCUT2D eigenvalue weighted by Crippen LogP contribution is -2.36. The van der Waals surface area contributed by atoms with Gasteiger partial charge in [0.1, 0.15) is 11.4 Å². The standard InChI is InChI=1S/C23H19ClN4O3/c24-15-3-6-20-17(9-15)21(29)14(12-31-20)10-28-8-7-19-18(11-28)23(30)27-22(26-19)13-1-4-16(25)5-2-13/h1-6,9,12H,7-8,10-11,25H2,(H,26,27,30). The van der Waals surface area contributed by atoms with E-state index >= 15 is 0 Å². The highest BCUT2D eigenvalue weighted by Crippen LogP contribution is 2.22. The number of nitrogen functional groups attached to an aromatic ring is 1. The number of benzene rings is 2. The van der Waals surface area contributed by atoms with Crippen LogP contribution < -0.4 is 16.7 Å².